The summed E-state index contributed by atoms with van der Waals surface area (Å²) in [6, 6.07) is 9.62. The zero-order chi connectivity index (χ0) is 13.8. The van der Waals surface area contributed by atoms with Gasteiger partial charge in [0.05, 0.1) is 0 Å². The fraction of sp³-hybridized carbons (Fsp3) is 0.231. The van der Waals surface area contributed by atoms with Crippen molar-refractivity contribution in [3.8, 4) is 0 Å². The van der Waals surface area contributed by atoms with Crippen molar-refractivity contribution >= 4 is 11.5 Å². The summed E-state index contributed by atoms with van der Waals surface area (Å²) in [7, 11) is 0. The minimum atomic E-state index is -0.497. The molecule has 1 heterocycles. The number of hydrogen-bond acceptors (Lipinski definition) is 4. The van der Waals surface area contributed by atoms with Gasteiger partial charge in [-0.25, -0.2) is 4.79 Å². The molecule has 0 bridgehead atoms. The molecule has 0 aliphatic carbocycles. The van der Waals surface area contributed by atoms with Crippen LogP contribution in [0.1, 0.15) is 12.5 Å². The lowest BCUT2D eigenvalue weighted by Crippen LogP contribution is -2.33. The molecule has 0 atom stereocenters. The van der Waals surface area contributed by atoms with E-state index in [-0.39, 0.29) is 11.5 Å². The average molecular weight is 260 g/mol. The molecule has 0 fully saturated rings. The van der Waals surface area contributed by atoms with E-state index in [9.17, 15) is 9.59 Å². The second-order valence-electron chi connectivity index (χ2n) is 4.10. The molecule has 2 aromatic rings. The molecule has 0 amide bonds. The minimum absolute atomic E-state index is 0.159. The van der Waals surface area contributed by atoms with Crippen LogP contribution in [-0.4, -0.2) is 9.55 Å². The van der Waals surface area contributed by atoms with Crippen LogP contribution in [0.3, 0.4) is 0 Å². The fourth-order valence-electron chi connectivity index (χ4n) is 1.86. The number of nitrogens with zero attached hydrogens (tertiary/aromatic N) is 1. The van der Waals surface area contributed by atoms with E-state index in [1.807, 2.05) is 30.3 Å². The highest BCUT2D eigenvalue weighted by Gasteiger charge is 2.10. The van der Waals surface area contributed by atoms with Gasteiger partial charge in [-0.05, 0) is 12.5 Å². The van der Waals surface area contributed by atoms with Crippen LogP contribution in [0.2, 0.25) is 0 Å². The molecule has 6 heteroatoms. The van der Waals surface area contributed by atoms with Gasteiger partial charge in [0, 0.05) is 13.1 Å². The lowest BCUT2D eigenvalue weighted by molar-refractivity contribution is 0.706. The van der Waals surface area contributed by atoms with E-state index in [0.29, 0.717) is 13.1 Å². The Bertz CT molecular complexity index is 673. The zero-order valence-electron chi connectivity index (χ0n) is 10.6. The summed E-state index contributed by atoms with van der Waals surface area (Å²) >= 11 is 0. The molecule has 0 saturated carbocycles. The van der Waals surface area contributed by atoms with Crippen molar-refractivity contribution < 1.29 is 0 Å². The highest BCUT2D eigenvalue weighted by Crippen LogP contribution is 2.11. The van der Waals surface area contributed by atoms with Gasteiger partial charge >= 0.3 is 5.69 Å². The van der Waals surface area contributed by atoms with Crippen LogP contribution >= 0.6 is 0 Å². The maximum Gasteiger partial charge on any atom is 0.330 e. The van der Waals surface area contributed by atoms with Crippen molar-refractivity contribution in [1.82, 2.24) is 9.55 Å². The van der Waals surface area contributed by atoms with Gasteiger partial charge in [-0.15, -0.1) is 0 Å². The van der Waals surface area contributed by atoms with E-state index in [1.54, 1.807) is 6.92 Å². The van der Waals surface area contributed by atoms with E-state index in [0.717, 1.165) is 5.56 Å². The van der Waals surface area contributed by atoms with Gasteiger partial charge in [-0.1, -0.05) is 30.3 Å². The molecule has 1 aromatic carbocycles. The Hall–Kier alpha value is -2.50. The van der Waals surface area contributed by atoms with Gasteiger partial charge in [-0.2, -0.15) is 0 Å². The van der Waals surface area contributed by atoms with Crippen LogP contribution in [0.5, 0.6) is 0 Å². The van der Waals surface area contributed by atoms with E-state index >= 15 is 0 Å². The second-order valence-corrected chi connectivity index (χ2v) is 4.10. The van der Waals surface area contributed by atoms with Crippen molar-refractivity contribution in [2.45, 2.75) is 20.0 Å². The summed E-state index contributed by atoms with van der Waals surface area (Å²) in [4.78, 5) is 25.5. The molecule has 19 heavy (non-hydrogen) atoms. The molecule has 0 unspecified atom stereocenters. The Kier molecular flexibility index (Phi) is 3.70. The van der Waals surface area contributed by atoms with Gasteiger partial charge in [0.1, 0.15) is 11.5 Å². The standard InChI is InChI=1S/C13H16N4O2/c1-2-17-11(14)10(12(18)16-13(17)19)15-8-9-6-4-3-5-7-9/h3-7,15H,2,8,14H2,1H3,(H,16,18,19). The molecule has 0 radical (unpaired) electrons. The number of hydrogen-bond donors (Lipinski definition) is 3. The van der Waals surface area contributed by atoms with Crippen molar-refractivity contribution in [1.29, 1.82) is 0 Å². The van der Waals surface area contributed by atoms with Gasteiger partial charge < -0.3 is 11.1 Å². The third-order valence-corrected chi connectivity index (χ3v) is 2.87. The topological polar surface area (TPSA) is 92.9 Å². The molecule has 100 valence electrons. The average Bonchev–Trinajstić information content (AvgIpc) is 2.39. The van der Waals surface area contributed by atoms with E-state index in [2.05, 4.69) is 10.3 Å². The number of H-pyrrole nitrogens is 1. The number of benzene rings is 1. The molecule has 0 saturated heterocycles. The van der Waals surface area contributed by atoms with Gasteiger partial charge in [0.2, 0.25) is 0 Å². The normalized spacial score (nSPS) is 10.4. The quantitative estimate of drug-likeness (QED) is 0.756. The van der Waals surface area contributed by atoms with Crippen LogP contribution in [-0.2, 0) is 13.1 Å². The maximum atomic E-state index is 11.7. The molecule has 0 spiro atoms. The number of anilines is 2. The van der Waals surface area contributed by atoms with E-state index < -0.39 is 11.2 Å². The smallest absolute Gasteiger partial charge is 0.330 e. The maximum absolute atomic E-state index is 11.7. The highest BCUT2D eigenvalue weighted by atomic mass is 16.2. The first-order chi connectivity index (χ1) is 9.13. The largest absolute Gasteiger partial charge is 0.383 e. The Morgan fingerprint density at radius 1 is 1.26 bits per heavy atom. The zero-order valence-corrected chi connectivity index (χ0v) is 10.6. The summed E-state index contributed by atoms with van der Waals surface area (Å²) in [5, 5.41) is 2.97. The summed E-state index contributed by atoms with van der Waals surface area (Å²) in [6.07, 6.45) is 0. The Morgan fingerprint density at radius 2 is 1.95 bits per heavy atom. The van der Waals surface area contributed by atoms with Crippen molar-refractivity contribution in [2.24, 2.45) is 0 Å². The fourth-order valence-corrected chi connectivity index (χ4v) is 1.86. The molecule has 0 aliphatic rings. The summed E-state index contributed by atoms with van der Waals surface area (Å²) in [5.41, 5.74) is 6.10. The first-order valence-electron chi connectivity index (χ1n) is 6.04. The molecule has 6 nitrogen and oxygen atoms in total. The predicted octanol–water partition coefficient (Wildman–Crippen LogP) is 0.751. The van der Waals surface area contributed by atoms with Crippen molar-refractivity contribution in [3.63, 3.8) is 0 Å². The number of nitrogens with two attached hydrogens (primary N) is 1. The summed E-state index contributed by atoms with van der Waals surface area (Å²) in [5.74, 6) is 0.159. The summed E-state index contributed by atoms with van der Waals surface area (Å²) < 4.78 is 1.31. The van der Waals surface area contributed by atoms with E-state index in [1.165, 1.54) is 4.57 Å². The molecule has 0 aliphatic heterocycles. The minimum Gasteiger partial charge on any atom is -0.383 e. The van der Waals surface area contributed by atoms with Gasteiger partial charge in [0.25, 0.3) is 5.56 Å². The van der Waals surface area contributed by atoms with Gasteiger partial charge in [0.15, 0.2) is 0 Å². The second kappa shape index (κ2) is 5.43. The van der Waals surface area contributed by atoms with Crippen molar-refractivity contribution in [2.75, 3.05) is 11.1 Å². The Labute approximate surface area is 109 Å². The number of nitrogen functional groups attached to an aromatic ring is 1. The number of aromatic nitrogens is 2. The van der Waals surface area contributed by atoms with Crippen LogP contribution in [0, 0.1) is 0 Å². The van der Waals surface area contributed by atoms with Crippen LogP contribution in [0.15, 0.2) is 39.9 Å². The van der Waals surface area contributed by atoms with Crippen LogP contribution in [0.4, 0.5) is 11.5 Å². The number of aromatic amines is 1. The lowest BCUT2D eigenvalue weighted by atomic mass is 10.2. The monoisotopic (exact) mass is 260 g/mol. The van der Waals surface area contributed by atoms with Crippen LogP contribution < -0.4 is 22.3 Å². The molecule has 4 N–H and O–H groups in total. The van der Waals surface area contributed by atoms with Crippen molar-refractivity contribution in [3.05, 3.63) is 56.7 Å². The number of nitrogens with one attached hydrogen (secondary N) is 2. The SMILES string of the molecule is CCn1c(N)c(NCc2ccccc2)c(=O)[nH]c1=O. The Balaban J connectivity index is 2.31. The third kappa shape index (κ3) is 2.67. The first kappa shape index (κ1) is 12.9. The molecular formula is C13H16N4O2. The lowest BCUT2D eigenvalue weighted by Gasteiger charge is -2.12. The summed E-state index contributed by atoms with van der Waals surface area (Å²) in [6.45, 7) is 2.66. The Morgan fingerprint density at radius 3 is 2.58 bits per heavy atom. The molecule has 2 rings (SSSR count). The number of rotatable bonds is 4. The predicted molar refractivity (Wildman–Crippen MR) is 75.2 cm³/mol. The molecule has 1 aromatic heterocycles. The highest BCUT2D eigenvalue weighted by molar-refractivity contribution is 5.60. The third-order valence-electron chi connectivity index (χ3n) is 2.87. The molecular weight excluding hydrogens is 244 g/mol. The van der Waals surface area contributed by atoms with E-state index in [4.69, 9.17) is 5.73 Å². The van der Waals surface area contributed by atoms with Crippen LogP contribution in [0.25, 0.3) is 0 Å². The first-order valence-corrected chi connectivity index (χ1v) is 6.04. The van der Waals surface area contributed by atoms with Gasteiger partial charge in [-0.3, -0.25) is 14.3 Å².